The maximum atomic E-state index is 12.1. The van der Waals surface area contributed by atoms with Gasteiger partial charge in [-0.05, 0) is 24.8 Å². The zero-order chi connectivity index (χ0) is 14.4. The van der Waals surface area contributed by atoms with Gasteiger partial charge in [0, 0.05) is 11.1 Å². The van der Waals surface area contributed by atoms with Gasteiger partial charge in [0.15, 0.2) is 0 Å². The zero-order valence-electron chi connectivity index (χ0n) is 11.6. The lowest BCUT2D eigenvalue weighted by atomic mass is 10.1. The maximum absolute atomic E-state index is 12.1. The van der Waals surface area contributed by atoms with Gasteiger partial charge in [-0.15, -0.1) is 6.58 Å². The quantitative estimate of drug-likeness (QED) is 0.640. The topological polar surface area (TPSA) is 38.3 Å². The van der Waals surface area contributed by atoms with Gasteiger partial charge in [0.05, 0.1) is 6.61 Å². The Morgan fingerprint density at radius 1 is 1.30 bits per heavy atom. The zero-order valence-corrected chi connectivity index (χ0v) is 11.6. The van der Waals surface area contributed by atoms with Crippen LogP contribution >= 0.6 is 0 Å². The van der Waals surface area contributed by atoms with Crippen LogP contribution in [0.4, 0.5) is 5.69 Å². The SMILES string of the molecule is C=CCCOC(C)C(=O)Nc1cccc2ccccc12. The van der Waals surface area contributed by atoms with Crippen molar-refractivity contribution < 1.29 is 9.53 Å². The Labute approximate surface area is 119 Å². The Hall–Kier alpha value is -2.13. The van der Waals surface area contributed by atoms with E-state index in [2.05, 4.69) is 11.9 Å². The fourth-order valence-electron chi connectivity index (χ4n) is 1.97. The second kappa shape index (κ2) is 6.87. The van der Waals surface area contributed by atoms with E-state index in [0.29, 0.717) is 6.61 Å². The van der Waals surface area contributed by atoms with E-state index in [-0.39, 0.29) is 5.91 Å². The third-order valence-corrected chi connectivity index (χ3v) is 3.11. The van der Waals surface area contributed by atoms with E-state index in [4.69, 9.17) is 4.74 Å². The summed E-state index contributed by atoms with van der Waals surface area (Å²) in [5.74, 6) is -0.134. The van der Waals surface area contributed by atoms with E-state index < -0.39 is 6.10 Å². The fourth-order valence-corrected chi connectivity index (χ4v) is 1.97. The summed E-state index contributed by atoms with van der Waals surface area (Å²) in [6, 6.07) is 13.8. The fraction of sp³-hybridized carbons (Fsp3) is 0.235. The van der Waals surface area contributed by atoms with E-state index in [1.807, 2.05) is 42.5 Å². The van der Waals surface area contributed by atoms with Crippen molar-refractivity contribution in [1.82, 2.24) is 0 Å². The number of carbonyl (C=O) groups is 1. The number of carbonyl (C=O) groups excluding carboxylic acids is 1. The third kappa shape index (κ3) is 3.45. The predicted octanol–water partition coefficient (Wildman–Crippen LogP) is 3.76. The number of hydrogen-bond donors (Lipinski definition) is 1. The average Bonchev–Trinajstić information content (AvgIpc) is 2.47. The van der Waals surface area contributed by atoms with Gasteiger partial charge in [0.25, 0.3) is 5.91 Å². The van der Waals surface area contributed by atoms with Gasteiger partial charge in [0.2, 0.25) is 0 Å². The Morgan fingerprint density at radius 2 is 2.05 bits per heavy atom. The van der Waals surface area contributed by atoms with Crippen LogP contribution in [-0.4, -0.2) is 18.6 Å². The lowest BCUT2D eigenvalue weighted by Gasteiger charge is -2.14. The number of nitrogens with one attached hydrogen (secondary N) is 1. The number of ether oxygens (including phenoxy) is 1. The predicted molar refractivity (Wildman–Crippen MR) is 82.8 cm³/mol. The number of rotatable bonds is 6. The Bertz CT molecular complexity index is 601. The van der Waals surface area contributed by atoms with Crippen LogP contribution in [0.3, 0.4) is 0 Å². The van der Waals surface area contributed by atoms with Crippen LogP contribution in [0.15, 0.2) is 55.1 Å². The minimum atomic E-state index is -0.478. The minimum Gasteiger partial charge on any atom is -0.368 e. The molecule has 0 aliphatic rings. The van der Waals surface area contributed by atoms with E-state index in [0.717, 1.165) is 22.9 Å². The molecule has 0 aliphatic carbocycles. The maximum Gasteiger partial charge on any atom is 0.253 e. The van der Waals surface area contributed by atoms with Gasteiger partial charge in [-0.3, -0.25) is 4.79 Å². The van der Waals surface area contributed by atoms with Gasteiger partial charge >= 0.3 is 0 Å². The number of hydrogen-bond acceptors (Lipinski definition) is 2. The van der Waals surface area contributed by atoms with E-state index >= 15 is 0 Å². The standard InChI is InChI=1S/C17H19NO2/c1-3-4-12-20-13(2)17(19)18-16-11-7-9-14-8-5-6-10-15(14)16/h3,5-11,13H,1,4,12H2,2H3,(H,18,19). The first kappa shape index (κ1) is 14.3. The molecule has 1 N–H and O–H groups in total. The van der Waals surface area contributed by atoms with Crippen molar-refractivity contribution >= 4 is 22.4 Å². The van der Waals surface area contributed by atoms with E-state index in [1.54, 1.807) is 13.0 Å². The molecule has 0 saturated heterocycles. The summed E-state index contributed by atoms with van der Waals surface area (Å²) in [4.78, 5) is 12.1. The molecular weight excluding hydrogens is 250 g/mol. The van der Waals surface area contributed by atoms with Crippen molar-refractivity contribution in [3.05, 3.63) is 55.1 Å². The van der Waals surface area contributed by atoms with Gasteiger partial charge in [-0.25, -0.2) is 0 Å². The molecule has 0 radical (unpaired) electrons. The summed E-state index contributed by atoms with van der Waals surface area (Å²) in [7, 11) is 0. The van der Waals surface area contributed by atoms with Crippen molar-refractivity contribution in [2.75, 3.05) is 11.9 Å². The molecule has 0 bridgehead atoms. The highest BCUT2D eigenvalue weighted by Gasteiger charge is 2.14. The number of fused-ring (bicyclic) bond motifs is 1. The summed E-state index contributed by atoms with van der Waals surface area (Å²) < 4.78 is 5.45. The molecule has 3 heteroatoms. The normalized spacial score (nSPS) is 12.1. The summed E-state index contributed by atoms with van der Waals surface area (Å²) in [6.07, 6.45) is 2.04. The highest BCUT2D eigenvalue weighted by molar-refractivity contribution is 6.03. The van der Waals surface area contributed by atoms with Crippen LogP contribution in [0.25, 0.3) is 10.8 Å². The molecule has 0 spiro atoms. The molecular formula is C17H19NO2. The van der Waals surface area contributed by atoms with Crippen LogP contribution in [-0.2, 0) is 9.53 Å². The van der Waals surface area contributed by atoms with Crippen molar-refractivity contribution in [3.63, 3.8) is 0 Å². The van der Waals surface area contributed by atoms with Gasteiger partial charge in [0.1, 0.15) is 6.10 Å². The minimum absolute atomic E-state index is 0.134. The Kier molecular flexibility index (Phi) is 4.91. The van der Waals surface area contributed by atoms with E-state index in [1.165, 1.54) is 0 Å². The van der Waals surface area contributed by atoms with Gasteiger partial charge in [-0.1, -0.05) is 42.5 Å². The van der Waals surface area contributed by atoms with Crippen LogP contribution in [0.2, 0.25) is 0 Å². The molecule has 0 aliphatic heterocycles. The first-order chi connectivity index (χ1) is 9.72. The summed E-state index contributed by atoms with van der Waals surface area (Å²) in [5.41, 5.74) is 0.812. The molecule has 104 valence electrons. The molecule has 2 aromatic rings. The molecule has 0 heterocycles. The van der Waals surface area contributed by atoms with Crippen molar-refractivity contribution in [2.24, 2.45) is 0 Å². The first-order valence-corrected chi connectivity index (χ1v) is 6.73. The molecule has 0 aromatic heterocycles. The van der Waals surface area contributed by atoms with Crippen LogP contribution in [0, 0.1) is 0 Å². The second-order valence-electron chi connectivity index (χ2n) is 4.61. The first-order valence-electron chi connectivity index (χ1n) is 6.73. The molecule has 0 saturated carbocycles. The highest BCUT2D eigenvalue weighted by Crippen LogP contribution is 2.23. The molecule has 1 atom stereocenters. The third-order valence-electron chi connectivity index (χ3n) is 3.11. The molecule has 1 amide bonds. The van der Waals surface area contributed by atoms with Crippen molar-refractivity contribution in [2.45, 2.75) is 19.4 Å². The number of amides is 1. The number of benzene rings is 2. The molecule has 2 rings (SSSR count). The van der Waals surface area contributed by atoms with Crippen LogP contribution in [0.5, 0.6) is 0 Å². The molecule has 1 unspecified atom stereocenters. The largest absolute Gasteiger partial charge is 0.368 e. The lowest BCUT2D eigenvalue weighted by Crippen LogP contribution is -2.28. The Balaban J connectivity index is 2.08. The summed E-state index contributed by atoms with van der Waals surface area (Å²) in [6.45, 7) is 5.88. The average molecular weight is 269 g/mol. The molecule has 0 fully saturated rings. The van der Waals surface area contributed by atoms with Gasteiger partial charge < -0.3 is 10.1 Å². The summed E-state index contributed by atoms with van der Waals surface area (Å²) >= 11 is 0. The smallest absolute Gasteiger partial charge is 0.253 e. The van der Waals surface area contributed by atoms with Gasteiger partial charge in [-0.2, -0.15) is 0 Å². The molecule has 3 nitrogen and oxygen atoms in total. The number of anilines is 1. The highest BCUT2D eigenvalue weighted by atomic mass is 16.5. The monoisotopic (exact) mass is 269 g/mol. The van der Waals surface area contributed by atoms with Crippen molar-refractivity contribution in [3.8, 4) is 0 Å². The molecule has 2 aromatic carbocycles. The summed E-state index contributed by atoms with van der Waals surface area (Å²) in [5, 5.41) is 5.05. The van der Waals surface area contributed by atoms with Crippen LogP contribution in [0.1, 0.15) is 13.3 Å². The van der Waals surface area contributed by atoms with Crippen LogP contribution < -0.4 is 5.32 Å². The lowest BCUT2D eigenvalue weighted by molar-refractivity contribution is -0.126. The van der Waals surface area contributed by atoms with E-state index in [9.17, 15) is 4.79 Å². The molecule has 20 heavy (non-hydrogen) atoms. The van der Waals surface area contributed by atoms with Crippen molar-refractivity contribution in [1.29, 1.82) is 0 Å². The Morgan fingerprint density at radius 3 is 2.85 bits per heavy atom. The second-order valence-corrected chi connectivity index (χ2v) is 4.61.